The molecule has 4 rings (SSSR count). The fraction of sp³-hybridized carbons (Fsp3) is 0.276. The minimum atomic E-state index is -0.985. The summed E-state index contributed by atoms with van der Waals surface area (Å²) in [6.07, 6.45) is 1.05. The molecule has 1 N–H and O–H groups in total. The summed E-state index contributed by atoms with van der Waals surface area (Å²) in [5, 5.41) is 8.94. The first kappa shape index (κ1) is 24.4. The van der Waals surface area contributed by atoms with Crippen LogP contribution in [-0.2, 0) is 22.4 Å². The summed E-state index contributed by atoms with van der Waals surface area (Å²) >= 11 is 0. The van der Waals surface area contributed by atoms with Gasteiger partial charge in [-0.2, -0.15) is 0 Å². The first-order valence-electron chi connectivity index (χ1n) is 11.9. The van der Waals surface area contributed by atoms with Crippen molar-refractivity contribution in [2.45, 2.75) is 25.7 Å². The van der Waals surface area contributed by atoms with Crippen LogP contribution in [0.4, 0.5) is 0 Å². The van der Waals surface area contributed by atoms with Gasteiger partial charge >= 0.3 is 5.97 Å². The fourth-order valence-electron chi connectivity index (χ4n) is 4.39. The largest absolute Gasteiger partial charge is 0.481 e. The Kier molecular flexibility index (Phi) is 8.06. The van der Waals surface area contributed by atoms with Crippen molar-refractivity contribution in [1.82, 2.24) is 4.90 Å². The molecule has 0 radical (unpaired) electrons. The van der Waals surface area contributed by atoms with E-state index in [0.29, 0.717) is 50.3 Å². The Balaban J connectivity index is 1.60. The molecule has 1 heterocycles. The SMILES string of the molecule is O=C(O)CCC(=O)c1ccc(-c2ccccc2)c(CCc2ccccc2C(=O)N2CCOCC2)c1. The van der Waals surface area contributed by atoms with Gasteiger partial charge < -0.3 is 14.7 Å². The number of ketones is 1. The maximum absolute atomic E-state index is 13.2. The van der Waals surface area contributed by atoms with Crippen molar-refractivity contribution >= 4 is 17.7 Å². The maximum atomic E-state index is 13.2. The third kappa shape index (κ3) is 6.22. The summed E-state index contributed by atoms with van der Waals surface area (Å²) in [6, 6.07) is 23.2. The highest BCUT2D eigenvalue weighted by molar-refractivity contribution is 5.98. The van der Waals surface area contributed by atoms with Gasteiger partial charge in [-0.25, -0.2) is 0 Å². The molecule has 1 fully saturated rings. The van der Waals surface area contributed by atoms with Crippen LogP contribution in [-0.4, -0.2) is 54.0 Å². The summed E-state index contributed by atoms with van der Waals surface area (Å²) in [7, 11) is 0. The lowest BCUT2D eigenvalue weighted by atomic mass is 9.91. The molecule has 180 valence electrons. The second-order valence-corrected chi connectivity index (χ2v) is 8.62. The maximum Gasteiger partial charge on any atom is 0.303 e. The molecule has 0 saturated carbocycles. The third-order valence-electron chi connectivity index (χ3n) is 6.29. The molecule has 1 aliphatic heterocycles. The van der Waals surface area contributed by atoms with Crippen molar-refractivity contribution in [2.75, 3.05) is 26.3 Å². The van der Waals surface area contributed by atoms with Crippen LogP contribution >= 0.6 is 0 Å². The minimum absolute atomic E-state index is 0.0183. The number of aliphatic carboxylic acids is 1. The molecule has 1 saturated heterocycles. The molecule has 35 heavy (non-hydrogen) atoms. The molecule has 3 aromatic carbocycles. The number of hydrogen-bond donors (Lipinski definition) is 1. The molecule has 0 atom stereocenters. The summed E-state index contributed by atoms with van der Waals surface area (Å²) in [4.78, 5) is 38.5. The van der Waals surface area contributed by atoms with E-state index >= 15 is 0 Å². The van der Waals surface area contributed by atoms with E-state index in [-0.39, 0.29) is 24.5 Å². The number of carboxylic acid groups (broad SMARTS) is 1. The number of carbonyl (C=O) groups is 3. The molecule has 0 aromatic heterocycles. The molecule has 6 heteroatoms. The zero-order valence-electron chi connectivity index (χ0n) is 19.6. The highest BCUT2D eigenvalue weighted by Gasteiger charge is 2.21. The van der Waals surface area contributed by atoms with Gasteiger partial charge in [-0.3, -0.25) is 14.4 Å². The van der Waals surface area contributed by atoms with E-state index in [9.17, 15) is 14.4 Å². The molecule has 0 unspecified atom stereocenters. The number of amides is 1. The molecule has 6 nitrogen and oxygen atoms in total. The van der Waals surface area contributed by atoms with E-state index in [1.54, 1.807) is 6.07 Å². The smallest absolute Gasteiger partial charge is 0.303 e. The summed E-state index contributed by atoms with van der Waals surface area (Å²) in [5.41, 5.74) is 5.24. The Bertz CT molecular complexity index is 1200. The van der Waals surface area contributed by atoms with Crippen LogP contribution in [0.5, 0.6) is 0 Å². The van der Waals surface area contributed by atoms with Crippen LogP contribution in [0.25, 0.3) is 11.1 Å². The second-order valence-electron chi connectivity index (χ2n) is 8.62. The summed E-state index contributed by atoms with van der Waals surface area (Å²) in [5.74, 6) is -1.15. The van der Waals surface area contributed by atoms with Crippen molar-refractivity contribution in [3.05, 3.63) is 95.1 Å². The number of morpholine rings is 1. The van der Waals surface area contributed by atoms with Crippen molar-refractivity contribution in [2.24, 2.45) is 0 Å². The van der Waals surface area contributed by atoms with Gasteiger partial charge in [-0.15, -0.1) is 0 Å². The number of aryl methyl sites for hydroxylation is 2. The number of ether oxygens (including phenoxy) is 1. The normalized spacial score (nSPS) is 13.4. The highest BCUT2D eigenvalue weighted by Crippen LogP contribution is 2.27. The number of hydrogen-bond acceptors (Lipinski definition) is 4. The molecule has 3 aromatic rings. The fourth-order valence-corrected chi connectivity index (χ4v) is 4.39. The standard InChI is InChI=1S/C29H29NO5/c31-27(14-15-28(32)33)24-12-13-25(21-6-2-1-3-7-21)23(20-24)11-10-22-8-4-5-9-26(22)29(34)30-16-18-35-19-17-30/h1-9,12-13,20H,10-11,14-19H2,(H,32,33). The first-order chi connectivity index (χ1) is 17.0. The lowest BCUT2D eigenvalue weighted by Gasteiger charge is -2.27. The van der Waals surface area contributed by atoms with E-state index in [0.717, 1.165) is 22.3 Å². The number of rotatable bonds is 9. The van der Waals surface area contributed by atoms with Crippen LogP contribution in [0, 0.1) is 0 Å². The first-order valence-corrected chi connectivity index (χ1v) is 11.9. The third-order valence-corrected chi connectivity index (χ3v) is 6.29. The van der Waals surface area contributed by atoms with Crippen molar-refractivity contribution in [3.63, 3.8) is 0 Å². The Morgan fingerprint density at radius 3 is 2.23 bits per heavy atom. The van der Waals surface area contributed by atoms with Crippen molar-refractivity contribution in [3.8, 4) is 11.1 Å². The lowest BCUT2D eigenvalue weighted by molar-refractivity contribution is -0.136. The summed E-state index contributed by atoms with van der Waals surface area (Å²) in [6.45, 7) is 2.28. The average molecular weight is 472 g/mol. The minimum Gasteiger partial charge on any atom is -0.481 e. The average Bonchev–Trinajstić information content (AvgIpc) is 2.91. The Labute approximate surface area is 205 Å². The topological polar surface area (TPSA) is 83.9 Å². The van der Waals surface area contributed by atoms with Gasteiger partial charge in [0.15, 0.2) is 5.78 Å². The van der Waals surface area contributed by atoms with Gasteiger partial charge in [0.05, 0.1) is 19.6 Å². The highest BCUT2D eigenvalue weighted by atomic mass is 16.5. The lowest BCUT2D eigenvalue weighted by Crippen LogP contribution is -2.41. The Morgan fingerprint density at radius 1 is 0.800 bits per heavy atom. The number of nitrogens with zero attached hydrogens (tertiary/aromatic N) is 1. The molecule has 1 amide bonds. The number of carboxylic acids is 1. The zero-order chi connectivity index (χ0) is 24.6. The van der Waals surface area contributed by atoms with Gasteiger partial charge in [-0.05, 0) is 47.2 Å². The molecular formula is C29H29NO5. The van der Waals surface area contributed by atoms with E-state index in [1.807, 2.05) is 71.6 Å². The van der Waals surface area contributed by atoms with Gasteiger partial charge in [0.1, 0.15) is 0 Å². The van der Waals surface area contributed by atoms with Crippen LogP contribution in [0.3, 0.4) is 0 Å². The molecule has 0 spiro atoms. The number of Topliss-reactive ketones (excluding diaryl/α,β-unsaturated/α-hetero) is 1. The van der Waals surface area contributed by atoms with E-state index < -0.39 is 5.97 Å². The second kappa shape index (κ2) is 11.6. The van der Waals surface area contributed by atoms with Crippen LogP contribution < -0.4 is 0 Å². The zero-order valence-corrected chi connectivity index (χ0v) is 19.6. The van der Waals surface area contributed by atoms with Crippen molar-refractivity contribution in [1.29, 1.82) is 0 Å². The molecule has 1 aliphatic rings. The van der Waals surface area contributed by atoms with Crippen LogP contribution in [0.1, 0.15) is 44.7 Å². The van der Waals surface area contributed by atoms with Gasteiger partial charge in [0.2, 0.25) is 0 Å². The molecular weight excluding hydrogens is 442 g/mol. The van der Waals surface area contributed by atoms with Gasteiger partial charge in [0, 0.05) is 30.6 Å². The number of benzene rings is 3. The quantitative estimate of drug-likeness (QED) is 0.459. The van der Waals surface area contributed by atoms with Gasteiger partial charge in [-0.1, -0.05) is 60.7 Å². The predicted molar refractivity (Wildman–Crippen MR) is 134 cm³/mol. The molecule has 0 aliphatic carbocycles. The van der Waals surface area contributed by atoms with E-state index in [4.69, 9.17) is 9.84 Å². The Morgan fingerprint density at radius 2 is 1.49 bits per heavy atom. The van der Waals surface area contributed by atoms with E-state index in [1.165, 1.54) is 0 Å². The monoisotopic (exact) mass is 471 g/mol. The van der Waals surface area contributed by atoms with E-state index in [2.05, 4.69) is 0 Å². The summed E-state index contributed by atoms with van der Waals surface area (Å²) < 4.78 is 5.38. The van der Waals surface area contributed by atoms with Crippen LogP contribution in [0.2, 0.25) is 0 Å². The Hall–Kier alpha value is -3.77. The predicted octanol–water partition coefficient (Wildman–Crippen LogP) is 4.66. The van der Waals surface area contributed by atoms with Gasteiger partial charge in [0.25, 0.3) is 5.91 Å². The molecule has 0 bridgehead atoms. The van der Waals surface area contributed by atoms with Crippen molar-refractivity contribution < 1.29 is 24.2 Å². The number of carbonyl (C=O) groups excluding carboxylic acids is 2. The van der Waals surface area contributed by atoms with Crippen LogP contribution in [0.15, 0.2) is 72.8 Å².